The molecule has 0 unspecified atom stereocenters. The van der Waals surface area contributed by atoms with Crippen LogP contribution in [0.1, 0.15) is 15.9 Å². The zero-order valence-corrected chi connectivity index (χ0v) is 16.3. The van der Waals surface area contributed by atoms with Crippen molar-refractivity contribution in [1.29, 1.82) is 0 Å². The van der Waals surface area contributed by atoms with Crippen molar-refractivity contribution in [2.45, 2.75) is 6.54 Å². The lowest BCUT2D eigenvalue weighted by atomic mass is 10.2. The average molecular weight is 387 g/mol. The Bertz CT molecular complexity index is 778. The summed E-state index contributed by atoms with van der Waals surface area (Å²) in [5.74, 6) is 0.00763. The highest BCUT2D eigenvalue weighted by molar-refractivity contribution is 5.92. The number of carbonyl (C=O) groups is 2. The summed E-state index contributed by atoms with van der Waals surface area (Å²) in [5, 5.41) is 0. The molecule has 0 saturated heterocycles. The summed E-state index contributed by atoms with van der Waals surface area (Å²) in [6.45, 7) is 0.848. The zero-order valence-electron chi connectivity index (χ0n) is 16.3. The lowest BCUT2D eigenvalue weighted by Gasteiger charge is -2.22. The number of nitrogens with zero attached hydrogens (tertiary/aromatic N) is 1. The van der Waals surface area contributed by atoms with Crippen LogP contribution >= 0.6 is 0 Å². The molecule has 2 aromatic carbocycles. The molecule has 0 aliphatic heterocycles. The van der Waals surface area contributed by atoms with Gasteiger partial charge in [0.25, 0.3) is 5.91 Å². The molecule has 7 nitrogen and oxygen atoms in total. The Morgan fingerprint density at radius 3 is 2.29 bits per heavy atom. The Kier molecular flexibility index (Phi) is 8.30. The van der Waals surface area contributed by atoms with Crippen LogP contribution in [0.3, 0.4) is 0 Å². The number of rotatable bonds is 10. The molecule has 0 saturated carbocycles. The van der Waals surface area contributed by atoms with Crippen LogP contribution in [0.25, 0.3) is 0 Å². The molecule has 0 heterocycles. The highest BCUT2D eigenvalue weighted by Crippen LogP contribution is 2.27. The van der Waals surface area contributed by atoms with Crippen molar-refractivity contribution in [2.75, 3.05) is 41.1 Å². The third-order valence-electron chi connectivity index (χ3n) is 4.08. The summed E-state index contributed by atoms with van der Waals surface area (Å²) in [6, 6.07) is 14.3. The second-order valence-corrected chi connectivity index (χ2v) is 5.94. The van der Waals surface area contributed by atoms with Crippen molar-refractivity contribution in [2.24, 2.45) is 0 Å². The summed E-state index contributed by atoms with van der Waals surface area (Å²) in [4.78, 5) is 26.5. The fraction of sp³-hybridized carbons (Fsp3) is 0.333. The second kappa shape index (κ2) is 10.9. The quantitative estimate of drug-likeness (QED) is 0.583. The van der Waals surface area contributed by atoms with Crippen LogP contribution in [0.15, 0.2) is 48.5 Å². The van der Waals surface area contributed by atoms with Gasteiger partial charge in [0, 0.05) is 20.2 Å². The fourth-order valence-electron chi connectivity index (χ4n) is 2.56. The summed E-state index contributed by atoms with van der Waals surface area (Å²) in [5.41, 5.74) is 1.26. The molecular formula is C21H25NO6. The van der Waals surface area contributed by atoms with Crippen LogP contribution < -0.4 is 9.47 Å². The van der Waals surface area contributed by atoms with E-state index in [0.717, 1.165) is 5.56 Å². The smallest absolute Gasteiger partial charge is 0.338 e. The van der Waals surface area contributed by atoms with Crippen molar-refractivity contribution in [1.82, 2.24) is 4.90 Å². The lowest BCUT2D eigenvalue weighted by Crippen LogP contribution is -2.36. The highest BCUT2D eigenvalue weighted by atomic mass is 16.5. The third-order valence-corrected chi connectivity index (χ3v) is 4.08. The first-order valence-electron chi connectivity index (χ1n) is 8.78. The Morgan fingerprint density at radius 2 is 1.64 bits per heavy atom. The van der Waals surface area contributed by atoms with Gasteiger partial charge in [-0.05, 0) is 23.8 Å². The number of hydrogen-bond acceptors (Lipinski definition) is 6. The molecule has 0 aliphatic rings. The largest absolute Gasteiger partial charge is 0.493 e. The molecule has 0 bridgehead atoms. The van der Waals surface area contributed by atoms with Crippen LogP contribution in [0, 0.1) is 0 Å². The maximum Gasteiger partial charge on any atom is 0.338 e. The highest BCUT2D eigenvalue weighted by Gasteiger charge is 2.18. The van der Waals surface area contributed by atoms with Crippen LogP contribution in [0.4, 0.5) is 0 Å². The fourth-order valence-corrected chi connectivity index (χ4v) is 2.56. The van der Waals surface area contributed by atoms with Gasteiger partial charge >= 0.3 is 5.97 Å². The first-order chi connectivity index (χ1) is 13.6. The first-order valence-corrected chi connectivity index (χ1v) is 8.78. The van der Waals surface area contributed by atoms with Gasteiger partial charge in [-0.1, -0.05) is 30.3 Å². The molecule has 0 spiro atoms. The van der Waals surface area contributed by atoms with E-state index >= 15 is 0 Å². The maximum absolute atomic E-state index is 12.6. The van der Waals surface area contributed by atoms with E-state index in [1.54, 1.807) is 24.1 Å². The summed E-state index contributed by atoms with van der Waals surface area (Å²) in [7, 11) is 4.56. The van der Waals surface area contributed by atoms with Gasteiger partial charge in [-0.2, -0.15) is 0 Å². The molecule has 150 valence electrons. The van der Waals surface area contributed by atoms with Gasteiger partial charge in [0.1, 0.15) is 0 Å². The number of methoxy groups -OCH3 is 3. The van der Waals surface area contributed by atoms with E-state index in [1.165, 1.54) is 20.3 Å². The molecule has 28 heavy (non-hydrogen) atoms. The lowest BCUT2D eigenvalue weighted by molar-refractivity contribution is -0.135. The average Bonchev–Trinajstić information content (AvgIpc) is 2.74. The molecule has 1 amide bonds. The minimum absolute atomic E-state index is 0.275. The minimum atomic E-state index is -0.610. The molecule has 0 atom stereocenters. The van der Waals surface area contributed by atoms with E-state index in [0.29, 0.717) is 31.2 Å². The third kappa shape index (κ3) is 5.99. The van der Waals surface area contributed by atoms with Crippen LogP contribution in [-0.2, 0) is 20.8 Å². The minimum Gasteiger partial charge on any atom is -0.493 e. The standard InChI is InChI=1S/C21H25NO6/c1-25-12-11-22(14-16-7-5-4-6-8-16)20(23)15-28-21(24)17-9-10-18(26-2)19(13-17)27-3/h4-10,13H,11-12,14-15H2,1-3H3. The molecule has 2 aromatic rings. The topological polar surface area (TPSA) is 74.3 Å². The zero-order chi connectivity index (χ0) is 20.4. The number of amides is 1. The molecule has 0 fully saturated rings. The monoisotopic (exact) mass is 387 g/mol. The Labute approximate surface area is 164 Å². The molecule has 7 heteroatoms. The van der Waals surface area contributed by atoms with Crippen molar-refractivity contribution in [3.63, 3.8) is 0 Å². The predicted octanol–water partition coefficient (Wildman–Crippen LogP) is 2.54. The normalized spacial score (nSPS) is 10.2. The van der Waals surface area contributed by atoms with Crippen molar-refractivity contribution >= 4 is 11.9 Å². The van der Waals surface area contributed by atoms with Crippen molar-refractivity contribution in [3.8, 4) is 11.5 Å². The Balaban J connectivity index is 1.99. The van der Waals surface area contributed by atoms with Crippen LogP contribution in [0.5, 0.6) is 11.5 Å². The molecule has 0 aliphatic carbocycles. The Hall–Kier alpha value is -3.06. The van der Waals surface area contributed by atoms with Gasteiger partial charge in [0.05, 0.1) is 26.4 Å². The first kappa shape index (κ1) is 21.2. The van der Waals surface area contributed by atoms with E-state index < -0.39 is 5.97 Å². The van der Waals surface area contributed by atoms with E-state index in [4.69, 9.17) is 18.9 Å². The number of benzene rings is 2. The van der Waals surface area contributed by atoms with Crippen molar-refractivity contribution < 1.29 is 28.5 Å². The SMILES string of the molecule is COCCN(Cc1ccccc1)C(=O)COC(=O)c1ccc(OC)c(OC)c1. The molecule has 0 aromatic heterocycles. The van der Waals surface area contributed by atoms with E-state index in [9.17, 15) is 9.59 Å². The Morgan fingerprint density at radius 1 is 0.929 bits per heavy atom. The second-order valence-electron chi connectivity index (χ2n) is 5.94. The summed E-state index contributed by atoms with van der Waals surface area (Å²) < 4.78 is 20.6. The van der Waals surface area contributed by atoms with Gasteiger partial charge in [-0.3, -0.25) is 4.79 Å². The van der Waals surface area contributed by atoms with Crippen molar-refractivity contribution in [3.05, 3.63) is 59.7 Å². The van der Waals surface area contributed by atoms with Gasteiger partial charge in [0.15, 0.2) is 18.1 Å². The summed E-state index contributed by atoms with van der Waals surface area (Å²) in [6.07, 6.45) is 0. The van der Waals surface area contributed by atoms with Crippen LogP contribution in [0.2, 0.25) is 0 Å². The molecule has 0 radical (unpaired) electrons. The van der Waals surface area contributed by atoms with E-state index in [1.807, 2.05) is 30.3 Å². The van der Waals surface area contributed by atoms with Crippen LogP contribution in [-0.4, -0.2) is 57.9 Å². The molecule has 2 rings (SSSR count). The number of hydrogen-bond donors (Lipinski definition) is 0. The van der Waals surface area contributed by atoms with Gasteiger partial charge < -0.3 is 23.8 Å². The van der Waals surface area contributed by atoms with E-state index in [2.05, 4.69) is 0 Å². The summed E-state index contributed by atoms with van der Waals surface area (Å²) >= 11 is 0. The van der Waals surface area contributed by atoms with Gasteiger partial charge in [0.2, 0.25) is 0 Å². The maximum atomic E-state index is 12.6. The van der Waals surface area contributed by atoms with Gasteiger partial charge in [-0.15, -0.1) is 0 Å². The number of carbonyl (C=O) groups excluding carboxylic acids is 2. The predicted molar refractivity (Wildman–Crippen MR) is 104 cm³/mol. The molecular weight excluding hydrogens is 362 g/mol. The molecule has 0 N–H and O–H groups in total. The van der Waals surface area contributed by atoms with Gasteiger partial charge in [-0.25, -0.2) is 4.79 Å². The van der Waals surface area contributed by atoms with E-state index in [-0.39, 0.29) is 18.1 Å². The number of esters is 1. The number of ether oxygens (including phenoxy) is 4.